The van der Waals surface area contributed by atoms with E-state index in [1.807, 2.05) is 0 Å². The molecule has 0 aromatic heterocycles. The lowest BCUT2D eigenvalue weighted by molar-refractivity contribution is -0.138. The van der Waals surface area contributed by atoms with Gasteiger partial charge in [0.1, 0.15) is 0 Å². The molecular weight excluding hydrogens is 521 g/mol. The largest absolute Gasteiger partial charge is 0.417 e. The second kappa shape index (κ2) is 10.7. The quantitative estimate of drug-likeness (QED) is 0.493. The molecule has 0 aliphatic carbocycles. The summed E-state index contributed by atoms with van der Waals surface area (Å²) in [4.78, 5) is 28.8. The molecule has 1 fully saturated rings. The Labute approximate surface area is 218 Å². The average molecular weight is 547 g/mol. The molecule has 0 saturated carbocycles. The third kappa shape index (κ3) is 5.36. The highest BCUT2D eigenvalue weighted by Gasteiger charge is 2.39. The molecule has 38 heavy (non-hydrogen) atoms. The summed E-state index contributed by atoms with van der Waals surface area (Å²) in [7, 11) is -3.57. The van der Waals surface area contributed by atoms with Crippen LogP contribution >= 0.6 is 0 Å². The minimum Gasteiger partial charge on any atom is -0.301 e. The van der Waals surface area contributed by atoms with E-state index in [-0.39, 0.29) is 28.1 Å². The first-order valence-corrected chi connectivity index (χ1v) is 13.4. The first-order valence-electron chi connectivity index (χ1n) is 11.9. The molecule has 0 bridgehead atoms. The van der Waals surface area contributed by atoms with Gasteiger partial charge in [0.2, 0.25) is 10.0 Å². The number of sulfonamides is 1. The van der Waals surface area contributed by atoms with Gasteiger partial charge in [-0.05, 0) is 56.6 Å². The van der Waals surface area contributed by atoms with Crippen LogP contribution in [0.25, 0.3) is 0 Å². The Hall–Kier alpha value is -3.53. The van der Waals surface area contributed by atoms with Crippen LogP contribution in [0.4, 0.5) is 18.9 Å². The van der Waals surface area contributed by atoms with E-state index in [0.717, 1.165) is 12.1 Å². The number of anilines is 1. The van der Waals surface area contributed by atoms with Crippen molar-refractivity contribution in [2.75, 3.05) is 37.6 Å². The maximum absolute atomic E-state index is 13.4. The van der Waals surface area contributed by atoms with Gasteiger partial charge in [0, 0.05) is 37.3 Å². The molecule has 2 aliphatic rings. The summed E-state index contributed by atoms with van der Waals surface area (Å²) in [5.41, 5.74) is -1.64. The summed E-state index contributed by atoms with van der Waals surface area (Å²) < 4.78 is 67.2. The third-order valence-electron chi connectivity index (χ3n) is 6.74. The van der Waals surface area contributed by atoms with Crippen LogP contribution in [0.15, 0.2) is 64.6 Å². The predicted molar refractivity (Wildman–Crippen MR) is 132 cm³/mol. The highest BCUT2D eigenvalue weighted by molar-refractivity contribution is 7.89. The zero-order valence-corrected chi connectivity index (χ0v) is 21.3. The van der Waals surface area contributed by atoms with E-state index in [1.165, 1.54) is 17.3 Å². The molecule has 2 aromatic rings. The number of hydrogen-bond acceptors (Lipinski definition) is 6. The SMILES string of the molecule is CC1=C(CCCN2CCN(S(=O)(=O)c3ccccc3)CC2)C(=O)N(c2ccc(C#N)c(C(F)(F)F)c2)C1=O. The number of piperazine rings is 1. The Morgan fingerprint density at radius 1 is 0.974 bits per heavy atom. The number of benzene rings is 2. The van der Waals surface area contributed by atoms with Gasteiger partial charge in [-0.25, -0.2) is 13.3 Å². The molecule has 200 valence electrons. The van der Waals surface area contributed by atoms with Crippen molar-refractivity contribution in [1.29, 1.82) is 5.26 Å². The molecule has 0 radical (unpaired) electrons. The second-order valence-corrected chi connectivity index (χ2v) is 11.0. The summed E-state index contributed by atoms with van der Waals surface area (Å²) in [6, 6.07) is 12.4. The Balaban J connectivity index is 1.36. The number of nitrogens with zero attached hydrogens (tertiary/aromatic N) is 4. The molecule has 4 rings (SSSR count). The third-order valence-corrected chi connectivity index (χ3v) is 8.65. The number of halogens is 3. The van der Waals surface area contributed by atoms with E-state index in [2.05, 4.69) is 4.90 Å². The fraction of sp³-hybridized carbons (Fsp3) is 0.346. The van der Waals surface area contributed by atoms with Crippen molar-refractivity contribution in [3.05, 3.63) is 70.8 Å². The number of carbonyl (C=O) groups excluding carboxylic acids is 2. The van der Waals surface area contributed by atoms with Crippen LogP contribution < -0.4 is 4.90 Å². The highest BCUT2D eigenvalue weighted by Crippen LogP contribution is 2.36. The Morgan fingerprint density at radius 3 is 2.24 bits per heavy atom. The number of amides is 2. The van der Waals surface area contributed by atoms with Crippen molar-refractivity contribution < 1.29 is 31.2 Å². The van der Waals surface area contributed by atoms with Gasteiger partial charge in [-0.15, -0.1) is 0 Å². The van der Waals surface area contributed by atoms with Gasteiger partial charge in [0.05, 0.1) is 27.8 Å². The number of rotatable bonds is 7. The van der Waals surface area contributed by atoms with Gasteiger partial charge in [-0.1, -0.05) is 18.2 Å². The van der Waals surface area contributed by atoms with E-state index < -0.39 is 39.1 Å². The Bertz CT molecular complexity index is 1420. The zero-order valence-electron chi connectivity index (χ0n) is 20.5. The monoisotopic (exact) mass is 546 g/mol. The molecule has 0 unspecified atom stereocenters. The van der Waals surface area contributed by atoms with E-state index in [1.54, 1.807) is 30.3 Å². The molecule has 2 amide bonds. The molecule has 2 aromatic carbocycles. The molecule has 0 N–H and O–H groups in total. The first kappa shape index (κ1) is 27.5. The molecule has 0 spiro atoms. The van der Waals surface area contributed by atoms with E-state index >= 15 is 0 Å². The minimum absolute atomic E-state index is 0.173. The fourth-order valence-electron chi connectivity index (χ4n) is 4.63. The number of hydrogen-bond donors (Lipinski definition) is 0. The van der Waals surface area contributed by atoms with Gasteiger partial charge in [0.25, 0.3) is 11.8 Å². The van der Waals surface area contributed by atoms with Crippen molar-refractivity contribution in [3.8, 4) is 6.07 Å². The van der Waals surface area contributed by atoms with Crippen molar-refractivity contribution in [1.82, 2.24) is 9.21 Å². The average Bonchev–Trinajstić information content (AvgIpc) is 3.11. The van der Waals surface area contributed by atoms with Crippen LogP contribution in [0.1, 0.15) is 30.9 Å². The Kier molecular flexibility index (Phi) is 7.73. The fourth-order valence-corrected chi connectivity index (χ4v) is 6.07. The molecule has 2 aliphatic heterocycles. The second-order valence-electron chi connectivity index (χ2n) is 9.05. The van der Waals surface area contributed by atoms with Crippen LogP contribution in [0.5, 0.6) is 0 Å². The van der Waals surface area contributed by atoms with Crippen LogP contribution in [-0.2, 0) is 25.8 Å². The lowest BCUT2D eigenvalue weighted by atomic mass is 10.1. The molecule has 12 heteroatoms. The number of imide groups is 1. The normalized spacial score (nSPS) is 17.8. The van der Waals surface area contributed by atoms with Gasteiger partial charge < -0.3 is 4.90 Å². The van der Waals surface area contributed by atoms with E-state index in [9.17, 15) is 31.2 Å². The molecular formula is C26H25F3N4O4S. The van der Waals surface area contributed by atoms with Crippen molar-refractivity contribution in [2.24, 2.45) is 0 Å². The summed E-state index contributed by atoms with van der Waals surface area (Å²) in [5.74, 6) is -1.37. The lowest BCUT2D eigenvalue weighted by Crippen LogP contribution is -2.48. The first-order chi connectivity index (χ1) is 17.9. The van der Waals surface area contributed by atoms with Crippen LogP contribution in [0, 0.1) is 11.3 Å². The maximum Gasteiger partial charge on any atom is 0.417 e. The van der Waals surface area contributed by atoms with Crippen molar-refractivity contribution >= 4 is 27.5 Å². The van der Waals surface area contributed by atoms with Gasteiger partial charge in [0.15, 0.2) is 0 Å². The highest BCUT2D eigenvalue weighted by atomic mass is 32.2. The Morgan fingerprint density at radius 2 is 1.63 bits per heavy atom. The summed E-state index contributed by atoms with van der Waals surface area (Å²) >= 11 is 0. The summed E-state index contributed by atoms with van der Waals surface area (Å²) in [6.45, 7) is 3.70. The standard InChI is InChI=1S/C26H25F3N4O4S/c1-18-22(25(35)33(24(18)34)20-10-9-19(17-30)23(16-20)26(27,28)29)8-5-11-31-12-14-32(15-13-31)38(36,37)21-6-3-2-4-7-21/h2-4,6-7,9-10,16H,5,8,11-15H2,1H3. The molecule has 0 atom stereocenters. The van der Waals surface area contributed by atoms with E-state index in [0.29, 0.717) is 50.1 Å². The van der Waals surface area contributed by atoms with Gasteiger partial charge in [-0.3, -0.25) is 9.59 Å². The van der Waals surface area contributed by atoms with Crippen molar-refractivity contribution in [2.45, 2.75) is 30.8 Å². The molecule has 2 heterocycles. The van der Waals surface area contributed by atoms with Crippen LogP contribution in [0.2, 0.25) is 0 Å². The zero-order chi connectivity index (χ0) is 27.7. The van der Waals surface area contributed by atoms with E-state index in [4.69, 9.17) is 5.26 Å². The minimum atomic E-state index is -4.82. The summed E-state index contributed by atoms with van der Waals surface area (Å²) in [6.07, 6.45) is -4.06. The topological polar surface area (TPSA) is 102 Å². The summed E-state index contributed by atoms with van der Waals surface area (Å²) in [5, 5.41) is 9.00. The number of nitriles is 1. The lowest BCUT2D eigenvalue weighted by Gasteiger charge is -2.34. The number of carbonyl (C=O) groups is 2. The number of alkyl halides is 3. The van der Waals surface area contributed by atoms with Crippen LogP contribution in [-0.4, -0.2) is 62.2 Å². The smallest absolute Gasteiger partial charge is 0.301 e. The predicted octanol–water partition coefficient (Wildman–Crippen LogP) is 3.55. The van der Waals surface area contributed by atoms with Gasteiger partial charge >= 0.3 is 6.18 Å². The van der Waals surface area contributed by atoms with Crippen molar-refractivity contribution in [3.63, 3.8) is 0 Å². The van der Waals surface area contributed by atoms with Gasteiger partial charge in [-0.2, -0.15) is 22.7 Å². The molecule has 8 nitrogen and oxygen atoms in total. The molecule has 1 saturated heterocycles. The van der Waals surface area contributed by atoms with Crippen LogP contribution in [0.3, 0.4) is 0 Å². The maximum atomic E-state index is 13.4.